The van der Waals surface area contributed by atoms with Gasteiger partial charge >= 0.3 is 0 Å². The number of ether oxygens (including phenoxy) is 2. The summed E-state index contributed by atoms with van der Waals surface area (Å²) >= 11 is 0. The van der Waals surface area contributed by atoms with Crippen molar-refractivity contribution in [2.75, 3.05) is 13.2 Å². The van der Waals surface area contributed by atoms with Crippen molar-refractivity contribution >= 4 is 46.0 Å². The van der Waals surface area contributed by atoms with E-state index in [0.717, 1.165) is 56.1 Å². The molecule has 0 unspecified atom stereocenters. The van der Waals surface area contributed by atoms with Crippen LogP contribution in [-0.2, 0) is 0 Å². The van der Waals surface area contributed by atoms with Gasteiger partial charge in [-0.25, -0.2) is 0 Å². The molecule has 0 fully saturated rings. The number of fused-ring (bicyclic) bond motifs is 1. The summed E-state index contributed by atoms with van der Waals surface area (Å²) in [6.45, 7) is 5.24. The molecule has 0 bridgehead atoms. The van der Waals surface area contributed by atoms with Crippen molar-refractivity contribution < 1.29 is 9.47 Å². The Morgan fingerprint density at radius 1 is 0.500 bits per heavy atom. The molecule has 5 aromatic carbocycles. The number of hydrogen-bond donors (Lipinski definition) is 0. The SMILES string of the molecule is CCOc1ccc(C=Nc2ccc(N=Nc3ccc(N=Cc4ccc(OCC)cc4)c4ccccc34)cc2)cc1. The number of azo groups is 1. The number of hydrogen-bond acceptors (Lipinski definition) is 6. The van der Waals surface area contributed by atoms with Gasteiger partial charge in [-0.3, -0.25) is 9.98 Å². The third-order valence-corrected chi connectivity index (χ3v) is 6.10. The minimum Gasteiger partial charge on any atom is -0.494 e. The van der Waals surface area contributed by atoms with Crippen molar-refractivity contribution in [3.05, 3.63) is 120 Å². The highest BCUT2D eigenvalue weighted by Crippen LogP contribution is 2.34. The Kier molecular flexibility index (Phi) is 8.69. The smallest absolute Gasteiger partial charge is 0.119 e. The molecule has 6 heteroatoms. The zero-order chi connectivity index (χ0) is 27.6. The van der Waals surface area contributed by atoms with Crippen LogP contribution in [0.3, 0.4) is 0 Å². The second kappa shape index (κ2) is 13.1. The Labute approximate surface area is 234 Å². The summed E-state index contributed by atoms with van der Waals surface area (Å²) in [6.07, 6.45) is 3.69. The molecule has 5 aromatic rings. The molecule has 0 aliphatic heterocycles. The molecule has 0 aliphatic rings. The maximum absolute atomic E-state index is 5.52. The Balaban J connectivity index is 1.29. The van der Waals surface area contributed by atoms with Crippen LogP contribution in [0, 0.1) is 0 Å². The van der Waals surface area contributed by atoms with E-state index in [-0.39, 0.29) is 0 Å². The van der Waals surface area contributed by atoms with E-state index in [4.69, 9.17) is 14.5 Å². The molecule has 0 atom stereocenters. The first-order valence-corrected chi connectivity index (χ1v) is 13.3. The second-order valence-corrected chi connectivity index (χ2v) is 8.89. The van der Waals surface area contributed by atoms with Crippen LogP contribution in [-0.4, -0.2) is 25.6 Å². The fraction of sp³-hybridized carbons (Fsp3) is 0.118. The average molecular weight is 527 g/mol. The summed E-state index contributed by atoms with van der Waals surface area (Å²) in [5, 5.41) is 11.0. The normalized spacial score (nSPS) is 11.7. The van der Waals surface area contributed by atoms with Crippen LogP contribution in [0.15, 0.2) is 129 Å². The number of nitrogens with zero attached hydrogens (tertiary/aromatic N) is 4. The van der Waals surface area contributed by atoms with E-state index in [1.807, 2.05) is 129 Å². The molecule has 0 heterocycles. The minimum absolute atomic E-state index is 0.647. The molecule has 0 spiro atoms. The van der Waals surface area contributed by atoms with Crippen LogP contribution in [0.25, 0.3) is 10.8 Å². The van der Waals surface area contributed by atoms with Gasteiger partial charge in [0.25, 0.3) is 0 Å². The Hall–Kier alpha value is -5.10. The molecular weight excluding hydrogens is 496 g/mol. The van der Waals surface area contributed by atoms with Crippen molar-refractivity contribution in [1.82, 2.24) is 0 Å². The topological polar surface area (TPSA) is 67.9 Å². The summed E-state index contributed by atoms with van der Waals surface area (Å²) in [4.78, 5) is 9.30. The highest BCUT2D eigenvalue weighted by Gasteiger charge is 2.05. The zero-order valence-corrected chi connectivity index (χ0v) is 22.6. The van der Waals surface area contributed by atoms with Crippen molar-refractivity contribution in [3.63, 3.8) is 0 Å². The van der Waals surface area contributed by atoms with E-state index in [0.29, 0.717) is 13.2 Å². The highest BCUT2D eigenvalue weighted by atomic mass is 16.5. The Bertz CT molecular complexity index is 1640. The van der Waals surface area contributed by atoms with Crippen LogP contribution in [0.1, 0.15) is 25.0 Å². The quantitative estimate of drug-likeness (QED) is 0.134. The van der Waals surface area contributed by atoms with E-state index in [2.05, 4.69) is 21.3 Å². The summed E-state index contributed by atoms with van der Waals surface area (Å²) in [6, 6.07) is 35.4. The van der Waals surface area contributed by atoms with Gasteiger partial charge in [-0.2, -0.15) is 5.11 Å². The maximum Gasteiger partial charge on any atom is 0.119 e. The van der Waals surface area contributed by atoms with E-state index in [1.165, 1.54) is 0 Å². The monoisotopic (exact) mass is 526 g/mol. The molecule has 40 heavy (non-hydrogen) atoms. The number of benzene rings is 5. The molecule has 0 N–H and O–H groups in total. The largest absolute Gasteiger partial charge is 0.494 e. The Morgan fingerprint density at radius 3 is 1.57 bits per heavy atom. The van der Waals surface area contributed by atoms with Crippen LogP contribution < -0.4 is 9.47 Å². The van der Waals surface area contributed by atoms with Crippen molar-refractivity contribution in [1.29, 1.82) is 0 Å². The van der Waals surface area contributed by atoms with Crippen LogP contribution in [0.2, 0.25) is 0 Å². The fourth-order valence-corrected chi connectivity index (χ4v) is 4.11. The standard InChI is InChI=1S/C34H30N4O2/c1-3-39-29-17-9-25(10-18-29)23-35-27-13-15-28(16-14-27)37-38-34-22-21-33(31-7-5-6-8-32(31)34)36-24-26-11-19-30(20-12-26)40-4-2/h5-24H,3-4H2,1-2H3. The Morgan fingerprint density at radius 2 is 1.00 bits per heavy atom. The van der Waals surface area contributed by atoms with Gasteiger partial charge in [-0.1, -0.05) is 24.3 Å². The van der Waals surface area contributed by atoms with Crippen molar-refractivity contribution in [3.8, 4) is 11.5 Å². The lowest BCUT2D eigenvalue weighted by atomic mass is 10.1. The lowest BCUT2D eigenvalue weighted by Gasteiger charge is -2.05. The van der Waals surface area contributed by atoms with Gasteiger partial charge in [0.05, 0.1) is 36.0 Å². The van der Waals surface area contributed by atoms with Crippen LogP contribution in [0.5, 0.6) is 11.5 Å². The molecule has 198 valence electrons. The lowest BCUT2D eigenvalue weighted by molar-refractivity contribution is 0.340. The molecule has 0 aromatic heterocycles. The molecule has 0 aliphatic carbocycles. The van der Waals surface area contributed by atoms with E-state index >= 15 is 0 Å². The first-order valence-electron chi connectivity index (χ1n) is 13.3. The zero-order valence-electron chi connectivity index (χ0n) is 22.6. The molecule has 0 radical (unpaired) electrons. The van der Waals surface area contributed by atoms with E-state index < -0.39 is 0 Å². The predicted octanol–water partition coefficient (Wildman–Crippen LogP) is 9.55. The third kappa shape index (κ3) is 6.85. The van der Waals surface area contributed by atoms with Crippen molar-refractivity contribution in [2.24, 2.45) is 20.2 Å². The van der Waals surface area contributed by atoms with Crippen LogP contribution >= 0.6 is 0 Å². The average Bonchev–Trinajstić information content (AvgIpc) is 3.00. The van der Waals surface area contributed by atoms with Crippen LogP contribution in [0.4, 0.5) is 22.7 Å². The van der Waals surface area contributed by atoms with Gasteiger partial charge in [0, 0.05) is 23.2 Å². The van der Waals surface area contributed by atoms with Gasteiger partial charge in [0.15, 0.2) is 0 Å². The second-order valence-electron chi connectivity index (χ2n) is 8.89. The minimum atomic E-state index is 0.647. The fourth-order valence-electron chi connectivity index (χ4n) is 4.11. The summed E-state index contributed by atoms with van der Waals surface area (Å²) in [5.74, 6) is 1.71. The first-order chi connectivity index (χ1) is 19.7. The van der Waals surface area contributed by atoms with E-state index in [9.17, 15) is 0 Å². The molecule has 6 nitrogen and oxygen atoms in total. The first kappa shape index (κ1) is 26.5. The number of aliphatic imine (C=N–C) groups is 2. The molecule has 0 saturated carbocycles. The summed E-state index contributed by atoms with van der Waals surface area (Å²) in [5.41, 5.74) is 5.26. The van der Waals surface area contributed by atoms with Gasteiger partial charge in [0.1, 0.15) is 11.5 Å². The van der Waals surface area contributed by atoms with Gasteiger partial charge in [-0.05, 0) is 110 Å². The predicted molar refractivity (Wildman–Crippen MR) is 164 cm³/mol. The number of rotatable bonds is 10. The van der Waals surface area contributed by atoms with Gasteiger partial charge in [0.2, 0.25) is 0 Å². The summed E-state index contributed by atoms with van der Waals surface area (Å²) < 4.78 is 11.0. The lowest BCUT2D eigenvalue weighted by Crippen LogP contribution is -1.91. The molecular formula is C34H30N4O2. The van der Waals surface area contributed by atoms with Crippen molar-refractivity contribution in [2.45, 2.75) is 13.8 Å². The third-order valence-electron chi connectivity index (χ3n) is 6.10. The van der Waals surface area contributed by atoms with Gasteiger partial charge < -0.3 is 9.47 Å². The van der Waals surface area contributed by atoms with E-state index in [1.54, 1.807) is 0 Å². The van der Waals surface area contributed by atoms with Gasteiger partial charge in [-0.15, -0.1) is 5.11 Å². The summed E-state index contributed by atoms with van der Waals surface area (Å²) in [7, 11) is 0. The highest BCUT2D eigenvalue weighted by molar-refractivity contribution is 6.01. The molecule has 0 saturated heterocycles. The molecule has 5 rings (SSSR count). The molecule has 0 amide bonds. The maximum atomic E-state index is 5.52.